The zero-order valence-corrected chi connectivity index (χ0v) is 20.2. The number of halogens is 1. The van der Waals surface area contributed by atoms with Gasteiger partial charge in [-0.05, 0) is 74.5 Å². The van der Waals surface area contributed by atoms with Gasteiger partial charge in [0.2, 0.25) is 10.0 Å². The monoisotopic (exact) mass is 497 g/mol. The number of carbonyl (C=O) groups is 3. The van der Waals surface area contributed by atoms with E-state index in [1.54, 1.807) is 0 Å². The molecular formula is C22H28ClN3O6S. The summed E-state index contributed by atoms with van der Waals surface area (Å²) in [6.45, 7) is -0.700. The molecule has 4 aliphatic carbocycles. The lowest BCUT2D eigenvalue weighted by molar-refractivity contribution is -0.123. The highest BCUT2D eigenvalue weighted by Crippen LogP contribution is 2.55. The van der Waals surface area contributed by atoms with E-state index in [0.29, 0.717) is 17.8 Å². The molecule has 4 saturated carbocycles. The summed E-state index contributed by atoms with van der Waals surface area (Å²) in [4.78, 5) is 36.9. The fraction of sp³-hybridized carbons (Fsp3) is 0.591. The minimum absolute atomic E-state index is 0.0160. The minimum Gasteiger partial charge on any atom is -0.452 e. The number of amides is 3. The molecule has 4 fully saturated rings. The number of nitrogens with one attached hydrogen (secondary N) is 2. The van der Waals surface area contributed by atoms with Crippen LogP contribution in [0.2, 0.25) is 5.02 Å². The van der Waals surface area contributed by atoms with Gasteiger partial charge in [-0.3, -0.25) is 10.1 Å². The number of rotatable bonds is 6. The van der Waals surface area contributed by atoms with E-state index in [1.165, 1.54) is 45.5 Å². The number of ether oxygens (including phenoxy) is 1. The van der Waals surface area contributed by atoms with Gasteiger partial charge in [0.25, 0.3) is 5.91 Å². The summed E-state index contributed by atoms with van der Waals surface area (Å²) in [6, 6.07) is 3.05. The highest BCUT2D eigenvalue weighted by atomic mass is 35.5. The first-order valence-electron chi connectivity index (χ1n) is 11.0. The summed E-state index contributed by atoms with van der Waals surface area (Å²) in [7, 11) is -1.06. The Labute approximate surface area is 198 Å². The van der Waals surface area contributed by atoms with Crippen LogP contribution in [0, 0.1) is 17.8 Å². The Balaban J connectivity index is 1.32. The normalized spacial score (nSPS) is 27.9. The number of hydrogen-bond acceptors (Lipinski definition) is 6. The van der Waals surface area contributed by atoms with Crippen LogP contribution in [-0.2, 0) is 19.6 Å². The van der Waals surface area contributed by atoms with Gasteiger partial charge in [0.05, 0.1) is 15.5 Å². The van der Waals surface area contributed by atoms with Crippen molar-refractivity contribution in [3.63, 3.8) is 0 Å². The largest absolute Gasteiger partial charge is 0.452 e. The second kappa shape index (κ2) is 8.88. The van der Waals surface area contributed by atoms with Crippen molar-refractivity contribution in [2.24, 2.45) is 17.8 Å². The molecule has 2 N–H and O–H groups in total. The third kappa shape index (κ3) is 5.02. The average molecular weight is 498 g/mol. The van der Waals surface area contributed by atoms with Gasteiger partial charge in [-0.25, -0.2) is 22.3 Å². The Hall–Kier alpha value is -2.17. The Morgan fingerprint density at radius 1 is 1.09 bits per heavy atom. The van der Waals surface area contributed by atoms with Crippen molar-refractivity contribution in [2.75, 3.05) is 20.7 Å². The Bertz CT molecular complexity index is 1050. The second-order valence-corrected chi connectivity index (χ2v) is 12.3. The Morgan fingerprint density at radius 3 is 2.21 bits per heavy atom. The molecule has 0 aliphatic heterocycles. The molecule has 5 rings (SSSR count). The van der Waals surface area contributed by atoms with E-state index in [-0.39, 0.29) is 21.0 Å². The Morgan fingerprint density at radius 2 is 1.67 bits per heavy atom. The molecule has 4 aliphatic rings. The van der Waals surface area contributed by atoms with Crippen LogP contribution in [-0.4, -0.2) is 56.9 Å². The topological polar surface area (TPSA) is 122 Å². The number of imide groups is 1. The lowest BCUT2D eigenvalue weighted by Gasteiger charge is -2.56. The first-order valence-corrected chi connectivity index (χ1v) is 12.8. The van der Waals surface area contributed by atoms with E-state index >= 15 is 0 Å². The molecule has 0 spiro atoms. The summed E-state index contributed by atoms with van der Waals surface area (Å²) in [5.74, 6) is 0.186. The van der Waals surface area contributed by atoms with E-state index in [1.807, 2.05) is 0 Å². The molecule has 0 heterocycles. The Kier molecular flexibility index (Phi) is 6.45. The fourth-order valence-corrected chi connectivity index (χ4v) is 7.06. The third-order valence-electron chi connectivity index (χ3n) is 6.94. The van der Waals surface area contributed by atoms with Crippen LogP contribution in [0.25, 0.3) is 0 Å². The third-order valence-corrected chi connectivity index (χ3v) is 9.08. The van der Waals surface area contributed by atoms with Crippen LogP contribution >= 0.6 is 11.6 Å². The first-order chi connectivity index (χ1) is 15.5. The molecule has 0 atom stereocenters. The zero-order valence-electron chi connectivity index (χ0n) is 18.6. The number of benzene rings is 1. The average Bonchev–Trinajstić information content (AvgIpc) is 2.70. The van der Waals surface area contributed by atoms with Crippen molar-refractivity contribution in [1.82, 2.24) is 14.9 Å². The number of esters is 1. The first kappa shape index (κ1) is 24.0. The number of urea groups is 1. The molecule has 1 aromatic carbocycles. The van der Waals surface area contributed by atoms with Gasteiger partial charge in [0, 0.05) is 19.6 Å². The van der Waals surface area contributed by atoms with Gasteiger partial charge in [-0.15, -0.1) is 0 Å². The summed E-state index contributed by atoms with van der Waals surface area (Å²) >= 11 is 6.02. The predicted octanol–water partition coefficient (Wildman–Crippen LogP) is 2.54. The van der Waals surface area contributed by atoms with E-state index in [9.17, 15) is 22.8 Å². The molecule has 3 amide bonds. The zero-order chi connectivity index (χ0) is 24.0. The maximum absolute atomic E-state index is 12.4. The van der Waals surface area contributed by atoms with Crippen molar-refractivity contribution in [3.05, 3.63) is 28.8 Å². The van der Waals surface area contributed by atoms with Crippen molar-refractivity contribution in [3.8, 4) is 0 Å². The van der Waals surface area contributed by atoms with Gasteiger partial charge in [0.15, 0.2) is 6.61 Å². The van der Waals surface area contributed by atoms with Crippen molar-refractivity contribution in [1.29, 1.82) is 0 Å². The van der Waals surface area contributed by atoms with E-state index in [2.05, 4.69) is 10.6 Å². The highest BCUT2D eigenvalue weighted by Gasteiger charge is 2.51. The standard InChI is InChI=1S/C22H28ClN3O6S/c1-26(2)33(30,31)16-3-4-18(23)17(8-16)20(28)32-12-19(27)24-21(29)25-22-9-13-5-14(10-22)7-15(6-13)11-22/h3-4,8,13-15H,5-7,9-12H2,1-2H3,(H2,24,25,27,29). The van der Waals surface area contributed by atoms with Crippen LogP contribution in [0.4, 0.5) is 4.79 Å². The van der Waals surface area contributed by atoms with Crippen molar-refractivity contribution in [2.45, 2.75) is 49.0 Å². The smallest absolute Gasteiger partial charge is 0.340 e. The molecule has 33 heavy (non-hydrogen) atoms. The van der Waals surface area contributed by atoms with Gasteiger partial charge < -0.3 is 10.1 Å². The fourth-order valence-electron chi connectivity index (χ4n) is 5.94. The molecular weight excluding hydrogens is 470 g/mol. The van der Waals surface area contributed by atoms with Gasteiger partial charge in [-0.1, -0.05) is 11.6 Å². The van der Waals surface area contributed by atoms with E-state index in [4.69, 9.17) is 16.3 Å². The van der Waals surface area contributed by atoms with Gasteiger partial charge in [0.1, 0.15) is 0 Å². The molecule has 1 aromatic rings. The molecule has 0 radical (unpaired) electrons. The highest BCUT2D eigenvalue weighted by molar-refractivity contribution is 7.89. The van der Waals surface area contributed by atoms with Crippen molar-refractivity contribution >= 4 is 39.5 Å². The van der Waals surface area contributed by atoms with Crippen LogP contribution < -0.4 is 10.6 Å². The summed E-state index contributed by atoms with van der Waals surface area (Å²) in [5, 5.41) is 5.22. The summed E-state index contributed by atoms with van der Waals surface area (Å²) < 4.78 is 30.5. The number of sulfonamides is 1. The predicted molar refractivity (Wildman–Crippen MR) is 120 cm³/mol. The minimum atomic E-state index is -3.78. The van der Waals surface area contributed by atoms with Crippen LogP contribution in [0.15, 0.2) is 23.1 Å². The SMILES string of the molecule is CN(C)S(=O)(=O)c1ccc(Cl)c(C(=O)OCC(=O)NC(=O)NC23CC4CC(CC(C4)C2)C3)c1. The van der Waals surface area contributed by atoms with Crippen LogP contribution in [0.3, 0.4) is 0 Å². The van der Waals surface area contributed by atoms with Crippen LogP contribution in [0.1, 0.15) is 48.9 Å². The van der Waals surface area contributed by atoms with Crippen LogP contribution in [0.5, 0.6) is 0 Å². The van der Waals surface area contributed by atoms with E-state index < -0.39 is 34.5 Å². The lowest BCUT2D eigenvalue weighted by Crippen LogP contribution is -2.62. The molecule has 9 nitrogen and oxygen atoms in total. The molecule has 180 valence electrons. The second-order valence-electron chi connectivity index (χ2n) is 9.71. The number of nitrogens with zero attached hydrogens (tertiary/aromatic N) is 1. The van der Waals surface area contributed by atoms with E-state index in [0.717, 1.165) is 29.6 Å². The molecule has 11 heteroatoms. The number of carbonyl (C=O) groups excluding carboxylic acids is 3. The molecule has 0 unspecified atom stereocenters. The van der Waals surface area contributed by atoms with Gasteiger partial charge >= 0.3 is 12.0 Å². The maximum atomic E-state index is 12.4. The molecule has 4 bridgehead atoms. The van der Waals surface area contributed by atoms with Gasteiger partial charge in [-0.2, -0.15) is 0 Å². The lowest BCUT2D eigenvalue weighted by atomic mass is 9.53. The van der Waals surface area contributed by atoms with Crippen molar-refractivity contribution < 1.29 is 27.5 Å². The summed E-state index contributed by atoms with van der Waals surface area (Å²) in [5.41, 5.74) is -0.438. The maximum Gasteiger partial charge on any atom is 0.340 e. The quantitative estimate of drug-likeness (QED) is 0.582. The molecule has 0 aromatic heterocycles. The summed E-state index contributed by atoms with van der Waals surface area (Å²) in [6.07, 6.45) is 6.53. The molecule has 0 saturated heterocycles. The number of hydrogen-bond donors (Lipinski definition) is 2.